The predicted octanol–water partition coefficient (Wildman–Crippen LogP) is 1.98. The topological polar surface area (TPSA) is 102 Å². The molecule has 0 unspecified atom stereocenters. The summed E-state index contributed by atoms with van der Waals surface area (Å²) in [5.41, 5.74) is 3.98. The lowest BCUT2D eigenvalue weighted by molar-refractivity contribution is 0.297. The summed E-state index contributed by atoms with van der Waals surface area (Å²) in [5, 5.41) is 7.39. The standard InChI is InChI=1S/C12H11BrN6O/c13-9-4-2-1-3-7(9)6-20-11-8-5-15-19-10(8)16-12(17-11)18-14/h1-5H,6,14H2,(H2,15,16,17,18,19). The Labute approximate surface area is 122 Å². The fraction of sp³-hybridized carbons (Fsp3) is 0.0833. The molecule has 3 rings (SSSR count). The lowest BCUT2D eigenvalue weighted by Crippen LogP contribution is -2.11. The monoisotopic (exact) mass is 334 g/mol. The van der Waals surface area contributed by atoms with Crippen molar-refractivity contribution in [2.24, 2.45) is 5.84 Å². The summed E-state index contributed by atoms with van der Waals surface area (Å²) >= 11 is 3.48. The number of ether oxygens (including phenoxy) is 1. The normalized spacial score (nSPS) is 10.7. The molecular weight excluding hydrogens is 324 g/mol. The van der Waals surface area contributed by atoms with Crippen LogP contribution in [0.3, 0.4) is 0 Å². The minimum atomic E-state index is 0.267. The van der Waals surface area contributed by atoms with Gasteiger partial charge in [-0.05, 0) is 6.07 Å². The number of hydrogen-bond donors (Lipinski definition) is 3. The molecule has 0 radical (unpaired) electrons. The predicted molar refractivity (Wildman–Crippen MR) is 78.0 cm³/mol. The van der Waals surface area contributed by atoms with Crippen molar-refractivity contribution in [1.29, 1.82) is 0 Å². The maximum Gasteiger partial charge on any atom is 0.242 e. The van der Waals surface area contributed by atoms with Crippen LogP contribution in [0.25, 0.3) is 11.0 Å². The van der Waals surface area contributed by atoms with Crippen LogP contribution >= 0.6 is 15.9 Å². The zero-order valence-electron chi connectivity index (χ0n) is 10.3. The Hall–Kier alpha value is -2.19. The first kappa shape index (κ1) is 12.8. The van der Waals surface area contributed by atoms with Crippen molar-refractivity contribution in [3.05, 3.63) is 40.5 Å². The highest BCUT2D eigenvalue weighted by Crippen LogP contribution is 2.24. The van der Waals surface area contributed by atoms with Gasteiger partial charge in [-0.25, -0.2) is 5.84 Å². The molecule has 0 spiro atoms. The lowest BCUT2D eigenvalue weighted by atomic mass is 10.2. The van der Waals surface area contributed by atoms with E-state index in [1.54, 1.807) is 6.20 Å². The molecular formula is C12H11BrN6O. The van der Waals surface area contributed by atoms with E-state index in [0.29, 0.717) is 23.5 Å². The third-order valence-corrected chi connectivity index (χ3v) is 3.50. The Morgan fingerprint density at radius 1 is 1.30 bits per heavy atom. The number of nitrogens with zero attached hydrogens (tertiary/aromatic N) is 3. The van der Waals surface area contributed by atoms with Crippen molar-refractivity contribution >= 4 is 32.9 Å². The van der Waals surface area contributed by atoms with E-state index in [-0.39, 0.29) is 5.95 Å². The van der Waals surface area contributed by atoms with E-state index in [4.69, 9.17) is 10.6 Å². The first-order chi connectivity index (χ1) is 9.78. The van der Waals surface area contributed by atoms with E-state index in [2.05, 4.69) is 41.5 Å². The average molecular weight is 335 g/mol. The summed E-state index contributed by atoms with van der Waals surface area (Å²) in [4.78, 5) is 8.32. The first-order valence-corrected chi connectivity index (χ1v) is 6.61. The second-order valence-corrected chi connectivity index (χ2v) is 4.86. The highest BCUT2D eigenvalue weighted by molar-refractivity contribution is 9.10. The zero-order valence-corrected chi connectivity index (χ0v) is 11.9. The minimum Gasteiger partial charge on any atom is -0.472 e. The maximum absolute atomic E-state index is 5.75. The van der Waals surface area contributed by atoms with Crippen LogP contribution in [0.4, 0.5) is 5.95 Å². The third kappa shape index (κ3) is 2.43. The number of aromatic amines is 1. The van der Waals surface area contributed by atoms with Crippen molar-refractivity contribution in [3.8, 4) is 5.88 Å². The van der Waals surface area contributed by atoms with Crippen LogP contribution in [0.5, 0.6) is 5.88 Å². The van der Waals surface area contributed by atoms with Crippen molar-refractivity contribution in [1.82, 2.24) is 20.2 Å². The number of nitrogens with two attached hydrogens (primary N) is 1. The summed E-state index contributed by atoms with van der Waals surface area (Å²) in [6.07, 6.45) is 1.62. The number of anilines is 1. The van der Waals surface area contributed by atoms with Gasteiger partial charge in [-0.3, -0.25) is 10.5 Å². The average Bonchev–Trinajstić information content (AvgIpc) is 2.94. The minimum absolute atomic E-state index is 0.267. The molecule has 0 aliphatic heterocycles. The molecule has 0 amide bonds. The van der Waals surface area contributed by atoms with Crippen LogP contribution in [-0.4, -0.2) is 20.2 Å². The molecule has 8 heteroatoms. The number of halogens is 1. The van der Waals surface area contributed by atoms with Gasteiger partial charge in [0.15, 0.2) is 5.65 Å². The van der Waals surface area contributed by atoms with E-state index >= 15 is 0 Å². The SMILES string of the molecule is NNc1nc(OCc2ccccc2Br)c2cn[nH]c2n1. The molecule has 20 heavy (non-hydrogen) atoms. The van der Waals surface area contributed by atoms with Crippen LogP contribution in [-0.2, 0) is 6.61 Å². The fourth-order valence-electron chi connectivity index (χ4n) is 1.74. The summed E-state index contributed by atoms with van der Waals surface area (Å²) in [5.74, 6) is 6.03. The Bertz CT molecular complexity index is 744. The molecule has 0 aliphatic carbocycles. The Balaban J connectivity index is 1.90. The van der Waals surface area contributed by atoms with Gasteiger partial charge in [-0.2, -0.15) is 15.1 Å². The van der Waals surface area contributed by atoms with E-state index in [9.17, 15) is 0 Å². The number of hydrazine groups is 1. The van der Waals surface area contributed by atoms with Crippen molar-refractivity contribution in [2.75, 3.05) is 5.43 Å². The highest BCUT2D eigenvalue weighted by atomic mass is 79.9. The zero-order chi connectivity index (χ0) is 13.9. The van der Waals surface area contributed by atoms with E-state index in [1.165, 1.54) is 0 Å². The van der Waals surface area contributed by atoms with E-state index < -0.39 is 0 Å². The molecule has 0 bridgehead atoms. The molecule has 0 atom stereocenters. The maximum atomic E-state index is 5.75. The Morgan fingerprint density at radius 3 is 2.95 bits per heavy atom. The number of hydrogen-bond acceptors (Lipinski definition) is 6. The molecule has 102 valence electrons. The van der Waals surface area contributed by atoms with Crippen molar-refractivity contribution in [2.45, 2.75) is 6.61 Å². The molecule has 0 saturated carbocycles. The number of rotatable bonds is 4. The fourth-order valence-corrected chi connectivity index (χ4v) is 2.14. The number of H-pyrrole nitrogens is 1. The Kier molecular flexibility index (Phi) is 3.48. The van der Waals surface area contributed by atoms with Gasteiger partial charge in [0.25, 0.3) is 0 Å². The molecule has 0 saturated heterocycles. The van der Waals surface area contributed by atoms with E-state index in [1.807, 2.05) is 24.3 Å². The first-order valence-electron chi connectivity index (χ1n) is 5.82. The molecule has 0 fully saturated rings. The summed E-state index contributed by atoms with van der Waals surface area (Å²) in [7, 11) is 0. The van der Waals surface area contributed by atoms with Gasteiger partial charge in [-0.1, -0.05) is 34.1 Å². The van der Waals surface area contributed by atoms with Gasteiger partial charge in [0, 0.05) is 10.0 Å². The molecule has 7 nitrogen and oxygen atoms in total. The third-order valence-electron chi connectivity index (χ3n) is 2.73. The lowest BCUT2D eigenvalue weighted by Gasteiger charge is -2.08. The molecule has 2 aromatic heterocycles. The van der Waals surface area contributed by atoms with Crippen LogP contribution < -0.4 is 16.0 Å². The van der Waals surface area contributed by atoms with Gasteiger partial charge in [0.05, 0.1) is 6.20 Å². The largest absolute Gasteiger partial charge is 0.472 e. The van der Waals surface area contributed by atoms with Gasteiger partial charge in [0.1, 0.15) is 12.0 Å². The van der Waals surface area contributed by atoms with Gasteiger partial charge >= 0.3 is 0 Å². The molecule has 3 aromatic rings. The molecule has 1 aromatic carbocycles. The number of fused-ring (bicyclic) bond motifs is 1. The molecule has 4 N–H and O–H groups in total. The number of benzene rings is 1. The molecule has 2 heterocycles. The second-order valence-electron chi connectivity index (χ2n) is 4.01. The van der Waals surface area contributed by atoms with Gasteiger partial charge in [-0.15, -0.1) is 0 Å². The van der Waals surface area contributed by atoms with Gasteiger partial charge < -0.3 is 4.74 Å². The van der Waals surface area contributed by atoms with Crippen LogP contribution in [0.2, 0.25) is 0 Å². The quantitative estimate of drug-likeness (QED) is 0.498. The number of nitrogens with one attached hydrogen (secondary N) is 2. The van der Waals surface area contributed by atoms with E-state index in [0.717, 1.165) is 10.0 Å². The Morgan fingerprint density at radius 2 is 2.15 bits per heavy atom. The smallest absolute Gasteiger partial charge is 0.242 e. The second kappa shape index (κ2) is 5.43. The van der Waals surface area contributed by atoms with Crippen molar-refractivity contribution in [3.63, 3.8) is 0 Å². The van der Waals surface area contributed by atoms with Crippen molar-refractivity contribution < 1.29 is 4.74 Å². The van der Waals surface area contributed by atoms with Gasteiger partial charge in [0.2, 0.25) is 11.8 Å². The molecule has 0 aliphatic rings. The summed E-state index contributed by atoms with van der Waals surface area (Å²) in [6, 6.07) is 7.83. The summed E-state index contributed by atoms with van der Waals surface area (Å²) in [6.45, 7) is 0.378. The summed E-state index contributed by atoms with van der Waals surface area (Å²) < 4.78 is 6.73. The number of aromatic nitrogens is 4. The number of nitrogen functional groups attached to an aromatic ring is 1. The van der Waals surface area contributed by atoms with Crippen LogP contribution in [0.15, 0.2) is 34.9 Å². The van der Waals surface area contributed by atoms with Crippen LogP contribution in [0, 0.1) is 0 Å². The highest BCUT2D eigenvalue weighted by Gasteiger charge is 2.11. The van der Waals surface area contributed by atoms with Crippen LogP contribution in [0.1, 0.15) is 5.56 Å².